The van der Waals surface area contributed by atoms with Crippen LogP contribution in [-0.2, 0) is 11.2 Å². The van der Waals surface area contributed by atoms with Crippen molar-refractivity contribution >= 4 is 5.97 Å². The average molecular weight is 247 g/mol. The van der Waals surface area contributed by atoms with Crippen LogP contribution in [0.3, 0.4) is 0 Å². The molecule has 0 aromatic carbocycles. The van der Waals surface area contributed by atoms with Crippen LogP contribution < -0.4 is 0 Å². The number of nitrogens with zero attached hydrogens (tertiary/aromatic N) is 3. The SMILES string of the molecule is CCOC(=O)c1nc(-c2ncccc2CC)no1. The van der Waals surface area contributed by atoms with Crippen molar-refractivity contribution in [1.29, 1.82) is 0 Å². The maximum atomic E-state index is 11.4. The first-order chi connectivity index (χ1) is 8.76. The third kappa shape index (κ3) is 2.37. The van der Waals surface area contributed by atoms with Crippen LogP contribution >= 0.6 is 0 Å². The van der Waals surface area contributed by atoms with Crippen molar-refractivity contribution < 1.29 is 14.1 Å². The first-order valence-electron chi connectivity index (χ1n) is 5.71. The Balaban J connectivity index is 2.32. The van der Waals surface area contributed by atoms with Crippen LogP contribution in [0, 0.1) is 0 Å². The average Bonchev–Trinajstić information content (AvgIpc) is 2.88. The second-order valence-corrected chi connectivity index (χ2v) is 3.51. The van der Waals surface area contributed by atoms with Gasteiger partial charge in [0.1, 0.15) is 5.69 Å². The molecular formula is C12H13N3O3. The summed E-state index contributed by atoms with van der Waals surface area (Å²) in [6, 6.07) is 3.78. The summed E-state index contributed by atoms with van der Waals surface area (Å²) in [6.07, 6.45) is 2.45. The molecule has 2 aromatic heterocycles. The third-order valence-electron chi connectivity index (χ3n) is 2.36. The van der Waals surface area contributed by atoms with Crippen molar-refractivity contribution in [3.63, 3.8) is 0 Å². The van der Waals surface area contributed by atoms with Gasteiger partial charge < -0.3 is 9.26 Å². The van der Waals surface area contributed by atoms with Crippen molar-refractivity contribution in [2.24, 2.45) is 0 Å². The highest BCUT2D eigenvalue weighted by Crippen LogP contribution is 2.18. The molecule has 0 saturated heterocycles. The highest BCUT2D eigenvalue weighted by atomic mass is 16.6. The minimum absolute atomic E-state index is 0.153. The number of hydrogen-bond donors (Lipinski definition) is 0. The van der Waals surface area contributed by atoms with E-state index in [-0.39, 0.29) is 12.5 Å². The maximum Gasteiger partial charge on any atom is 0.397 e. The zero-order chi connectivity index (χ0) is 13.0. The fraction of sp³-hybridized carbons (Fsp3) is 0.333. The van der Waals surface area contributed by atoms with E-state index in [9.17, 15) is 4.79 Å². The molecular weight excluding hydrogens is 234 g/mol. The van der Waals surface area contributed by atoms with Crippen LogP contribution in [0.25, 0.3) is 11.5 Å². The van der Waals surface area contributed by atoms with Gasteiger partial charge in [0, 0.05) is 6.20 Å². The number of aromatic nitrogens is 3. The summed E-state index contributed by atoms with van der Waals surface area (Å²) in [7, 11) is 0. The normalized spacial score (nSPS) is 10.3. The zero-order valence-corrected chi connectivity index (χ0v) is 10.2. The lowest BCUT2D eigenvalue weighted by Crippen LogP contribution is -2.04. The van der Waals surface area contributed by atoms with E-state index in [4.69, 9.17) is 9.26 Å². The number of carbonyl (C=O) groups is 1. The van der Waals surface area contributed by atoms with Gasteiger partial charge in [-0.2, -0.15) is 4.98 Å². The summed E-state index contributed by atoms with van der Waals surface area (Å²) in [5.74, 6) is -0.472. The van der Waals surface area contributed by atoms with E-state index in [1.54, 1.807) is 13.1 Å². The molecule has 0 unspecified atom stereocenters. The van der Waals surface area contributed by atoms with E-state index in [0.717, 1.165) is 12.0 Å². The van der Waals surface area contributed by atoms with Gasteiger partial charge in [-0.25, -0.2) is 4.79 Å². The van der Waals surface area contributed by atoms with Crippen molar-refractivity contribution in [1.82, 2.24) is 15.1 Å². The standard InChI is InChI=1S/C12H13N3O3/c1-3-8-6-5-7-13-9(8)10-14-11(18-15-10)12(16)17-4-2/h5-7H,3-4H2,1-2H3. The zero-order valence-electron chi connectivity index (χ0n) is 10.2. The lowest BCUT2D eigenvalue weighted by atomic mass is 10.1. The molecule has 0 radical (unpaired) electrons. The summed E-state index contributed by atoms with van der Waals surface area (Å²) >= 11 is 0. The molecule has 18 heavy (non-hydrogen) atoms. The van der Waals surface area contributed by atoms with Gasteiger partial charge in [0.2, 0.25) is 5.82 Å². The molecule has 0 saturated carbocycles. The van der Waals surface area contributed by atoms with Gasteiger partial charge in [0.15, 0.2) is 0 Å². The molecule has 2 aromatic rings. The van der Waals surface area contributed by atoms with Crippen LogP contribution in [0.1, 0.15) is 30.1 Å². The van der Waals surface area contributed by atoms with Crippen molar-refractivity contribution in [2.75, 3.05) is 6.61 Å². The lowest BCUT2D eigenvalue weighted by molar-refractivity contribution is 0.0470. The fourth-order valence-corrected chi connectivity index (χ4v) is 1.52. The van der Waals surface area contributed by atoms with Crippen LogP contribution in [0.4, 0.5) is 0 Å². The number of esters is 1. The smallest absolute Gasteiger partial charge is 0.397 e. The Hall–Kier alpha value is -2.24. The quantitative estimate of drug-likeness (QED) is 0.767. The van der Waals surface area contributed by atoms with Gasteiger partial charge >= 0.3 is 11.9 Å². The second-order valence-electron chi connectivity index (χ2n) is 3.51. The number of ether oxygens (including phenoxy) is 1. The van der Waals surface area contributed by atoms with Crippen molar-refractivity contribution in [3.05, 3.63) is 29.8 Å². The van der Waals surface area contributed by atoms with E-state index in [0.29, 0.717) is 11.5 Å². The van der Waals surface area contributed by atoms with Gasteiger partial charge in [-0.3, -0.25) is 4.98 Å². The van der Waals surface area contributed by atoms with Gasteiger partial charge in [0.05, 0.1) is 6.61 Å². The largest absolute Gasteiger partial charge is 0.459 e. The van der Waals surface area contributed by atoms with E-state index in [1.807, 2.05) is 19.1 Å². The van der Waals surface area contributed by atoms with Crippen LogP contribution in [0.15, 0.2) is 22.9 Å². The number of pyridine rings is 1. The molecule has 2 heterocycles. The topological polar surface area (TPSA) is 78.1 Å². The molecule has 0 fully saturated rings. The van der Waals surface area contributed by atoms with Gasteiger partial charge in [0.25, 0.3) is 0 Å². The summed E-state index contributed by atoms with van der Waals surface area (Å²) in [5, 5.41) is 3.75. The predicted molar refractivity (Wildman–Crippen MR) is 62.9 cm³/mol. The Bertz CT molecular complexity index is 551. The fourth-order valence-electron chi connectivity index (χ4n) is 1.52. The van der Waals surface area contributed by atoms with Gasteiger partial charge in [-0.15, -0.1) is 0 Å². The van der Waals surface area contributed by atoms with E-state index in [1.165, 1.54) is 0 Å². The molecule has 0 bridgehead atoms. The highest BCUT2D eigenvalue weighted by molar-refractivity contribution is 5.84. The van der Waals surface area contributed by atoms with Crippen LogP contribution in [0.2, 0.25) is 0 Å². The Kier molecular flexibility index (Phi) is 3.66. The number of rotatable bonds is 4. The van der Waals surface area contributed by atoms with E-state index in [2.05, 4.69) is 15.1 Å². The third-order valence-corrected chi connectivity index (χ3v) is 2.36. The number of hydrogen-bond acceptors (Lipinski definition) is 6. The lowest BCUT2D eigenvalue weighted by Gasteiger charge is -2.00. The van der Waals surface area contributed by atoms with Crippen molar-refractivity contribution in [3.8, 4) is 11.5 Å². The molecule has 2 rings (SSSR count). The first kappa shape index (κ1) is 12.2. The molecule has 0 aliphatic rings. The van der Waals surface area contributed by atoms with Gasteiger partial charge in [-0.1, -0.05) is 18.1 Å². The molecule has 0 amide bonds. The molecule has 6 heteroatoms. The second kappa shape index (κ2) is 5.39. The van der Waals surface area contributed by atoms with Crippen LogP contribution in [0.5, 0.6) is 0 Å². The predicted octanol–water partition coefficient (Wildman–Crippen LogP) is 1.87. The van der Waals surface area contributed by atoms with Crippen molar-refractivity contribution in [2.45, 2.75) is 20.3 Å². The molecule has 0 N–H and O–H groups in total. The summed E-state index contributed by atoms with van der Waals surface area (Å²) in [5.41, 5.74) is 1.62. The van der Waals surface area contributed by atoms with Gasteiger partial charge in [-0.05, 0) is 25.0 Å². The molecule has 0 aliphatic carbocycles. The van der Waals surface area contributed by atoms with E-state index >= 15 is 0 Å². The molecule has 0 spiro atoms. The monoisotopic (exact) mass is 247 g/mol. The molecule has 0 aliphatic heterocycles. The minimum atomic E-state index is -0.620. The summed E-state index contributed by atoms with van der Waals surface area (Å²) < 4.78 is 9.64. The highest BCUT2D eigenvalue weighted by Gasteiger charge is 2.18. The Labute approximate surface area is 104 Å². The van der Waals surface area contributed by atoms with Crippen LogP contribution in [-0.4, -0.2) is 27.7 Å². The number of carbonyl (C=O) groups excluding carboxylic acids is 1. The first-order valence-corrected chi connectivity index (χ1v) is 5.71. The molecule has 94 valence electrons. The number of aryl methyl sites for hydroxylation is 1. The Morgan fingerprint density at radius 3 is 3.00 bits per heavy atom. The molecule has 0 atom stereocenters. The summed E-state index contributed by atoms with van der Waals surface area (Å²) in [6.45, 7) is 3.98. The molecule has 6 nitrogen and oxygen atoms in total. The Morgan fingerprint density at radius 2 is 2.28 bits per heavy atom. The maximum absolute atomic E-state index is 11.4. The minimum Gasteiger partial charge on any atom is -0.459 e. The summed E-state index contributed by atoms with van der Waals surface area (Å²) in [4.78, 5) is 19.6. The Morgan fingerprint density at radius 1 is 1.44 bits per heavy atom. The van der Waals surface area contributed by atoms with E-state index < -0.39 is 5.97 Å².